The molecule has 0 bridgehead atoms. The first-order valence-corrected chi connectivity index (χ1v) is 6.85. The van der Waals surface area contributed by atoms with Crippen LogP contribution in [-0.2, 0) is 4.79 Å². The third kappa shape index (κ3) is 4.30. The maximum absolute atomic E-state index is 13.1. The lowest BCUT2D eigenvalue weighted by molar-refractivity contribution is -0.306. The average Bonchev–Trinajstić information content (AvgIpc) is 2.47. The molecule has 0 saturated carbocycles. The third-order valence-electron chi connectivity index (χ3n) is 3.04. The minimum atomic E-state index is -1.31. The Labute approximate surface area is 131 Å². The largest absolute Gasteiger partial charge is 0.550 e. The summed E-state index contributed by atoms with van der Waals surface area (Å²) in [4.78, 5) is 23.0. The molecule has 0 aliphatic heterocycles. The maximum atomic E-state index is 13.1. The van der Waals surface area contributed by atoms with E-state index in [0.29, 0.717) is 10.6 Å². The quantitative estimate of drug-likeness (QED) is 0.917. The lowest BCUT2D eigenvalue weighted by atomic mass is 10.0. The number of hydrogen-bond acceptors (Lipinski definition) is 3. The number of carbonyl (C=O) groups excluding carboxylic acids is 2. The van der Waals surface area contributed by atoms with Crippen LogP contribution in [0, 0.1) is 5.82 Å². The van der Waals surface area contributed by atoms with Crippen molar-refractivity contribution in [2.24, 2.45) is 0 Å². The number of amides is 1. The van der Waals surface area contributed by atoms with Crippen molar-refractivity contribution in [3.8, 4) is 0 Å². The Morgan fingerprint density at radius 2 is 1.86 bits per heavy atom. The molecule has 1 unspecified atom stereocenters. The molecule has 2 aromatic rings. The number of halogens is 2. The molecule has 0 fully saturated rings. The Kier molecular flexibility index (Phi) is 5.12. The smallest absolute Gasteiger partial charge is 0.251 e. The molecule has 0 heterocycles. The second-order valence-corrected chi connectivity index (χ2v) is 5.10. The standard InChI is InChI=1S/C16H13ClFNO3/c17-12-6-4-10(5-7-12)14(9-15(20)21)19-16(22)11-2-1-3-13(18)8-11/h1-8,14H,9H2,(H,19,22)(H,20,21)/p-1. The highest BCUT2D eigenvalue weighted by Crippen LogP contribution is 2.20. The average molecular weight is 321 g/mol. The van der Waals surface area contributed by atoms with Gasteiger partial charge in [0.05, 0.1) is 6.04 Å². The Hall–Kier alpha value is -2.40. The zero-order valence-corrected chi connectivity index (χ0v) is 12.1. The SMILES string of the molecule is O=C([O-])CC(NC(=O)c1cccc(F)c1)c1ccc(Cl)cc1. The van der Waals surface area contributed by atoms with E-state index in [4.69, 9.17) is 11.6 Å². The van der Waals surface area contributed by atoms with Crippen molar-refractivity contribution in [1.29, 1.82) is 0 Å². The van der Waals surface area contributed by atoms with E-state index in [1.54, 1.807) is 24.3 Å². The Balaban J connectivity index is 2.21. The minimum Gasteiger partial charge on any atom is -0.550 e. The molecular formula is C16H12ClFNO3-. The van der Waals surface area contributed by atoms with E-state index in [1.807, 2.05) is 0 Å². The summed E-state index contributed by atoms with van der Waals surface area (Å²) in [5.74, 6) is -2.42. The molecule has 0 saturated heterocycles. The molecule has 0 aliphatic rings. The Morgan fingerprint density at radius 3 is 2.45 bits per heavy atom. The number of carbonyl (C=O) groups is 2. The van der Waals surface area contributed by atoms with Gasteiger partial charge in [0.2, 0.25) is 0 Å². The first-order chi connectivity index (χ1) is 10.5. The molecule has 114 valence electrons. The maximum Gasteiger partial charge on any atom is 0.251 e. The molecule has 1 atom stereocenters. The van der Waals surface area contributed by atoms with E-state index in [9.17, 15) is 19.1 Å². The van der Waals surface area contributed by atoms with Crippen molar-refractivity contribution in [3.63, 3.8) is 0 Å². The van der Waals surface area contributed by atoms with Gasteiger partial charge in [-0.05, 0) is 35.9 Å². The first-order valence-electron chi connectivity index (χ1n) is 6.47. The fraction of sp³-hybridized carbons (Fsp3) is 0.125. The highest BCUT2D eigenvalue weighted by Gasteiger charge is 2.16. The van der Waals surface area contributed by atoms with Crippen LogP contribution in [0.1, 0.15) is 28.4 Å². The molecule has 0 aliphatic carbocycles. The van der Waals surface area contributed by atoms with Crippen LogP contribution in [0.2, 0.25) is 5.02 Å². The van der Waals surface area contributed by atoms with Gasteiger partial charge in [-0.3, -0.25) is 4.79 Å². The third-order valence-corrected chi connectivity index (χ3v) is 3.29. The van der Waals surface area contributed by atoms with Gasteiger partial charge in [0.15, 0.2) is 0 Å². The highest BCUT2D eigenvalue weighted by molar-refractivity contribution is 6.30. The monoisotopic (exact) mass is 320 g/mol. The zero-order chi connectivity index (χ0) is 16.1. The van der Waals surface area contributed by atoms with E-state index in [2.05, 4.69) is 5.32 Å². The van der Waals surface area contributed by atoms with Crippen molar-refractivity contribution >= 4 is 23.5 Å². The van der Waals surface area contributed by atoms with Crippen LogP contribution in [0.15, 0.2) is 48.5 Å². The van der Waals surface area contributed by atoms with Crippen LogP contribution in [-0.4, -0.2) is 11.9 Å². The Morgan fingerprint density at radius 1 is 1.18 bits per heavy atom. The summed E-state index contributed by atoms with van der Waals surface area (Å²) in [5.41, 5.74) is 0.677. The van der Waals surface area contributed by atoms with Crippen LogP contribution in [0.4, 0.5) is 4.39 Å². The van der Waals surface area contributed by atoms with Gasteiger partial charge in [0.25, 0.3) is 5.91 Å². The van der Waals surface area contributed by atoms with Gasteiger partial charge in [0, 0.05) is 23.0 Å². The molecule has 22 heavy (non-hydrogen) atoms. The molecule has 0 spiro atoms. The van der Waals surface area contributed by atoms with E-state index < -0.39 is 30.2 Å². The molecule has 1 amide bonds. The van der Waals surface area contributed by atoms with Crippen molar-refractivity contribution in [2.45, 2.75) is 12.5 Å². The van der Waals surface area contributed by atoms with Crippen LogP contribution < -0.4 is 10.4 Å². The molecule has 6 heteroatoms. The Bertz CT molecular complexity index is 688. The van der Waals surface area contributed by atoms with Crippen LogP contribution in [0.25, 0.3) is 0 Å². The normalized spacial score (nSPS) is 11.7. The minimum absolute atomic E-state index is 0.109. The topological polar surface area (TPSA) is 69.2 Å². The van der Waals surface area contributed by atoms with Crippen molar-refractivity contribution < 1.29 is 19.1 Å². The zero-order valence-electron chi connectivity index (χ0n) is 11.4. The lowest BCUT2D eigenvalue weighted by Gasteiger charge is -2.20. The molecule has 2 aromatic carbocycles. The highest BCUT2D eigenvalue weighted by atomic mass is 35.5. The number of carboxylic acid groups (broad SMARTS) is 1. The number of rotatable bonds is 5. The molecular weight excluding hydrogens is 309 g/mol. The molecule has 4 nitrogen and oxygen atoms in total. The van der Waals surface area contributed by atoms with Gasteiger partial charge in [0.1, 0.15) is 5.82 Å². The first kappa shape index (κ1) is 16.0. The van der Waals surface area contributed by atoms with Gasteiger partial charge >= 0.3 is 0 Å². The van der Waals surface area contributed by atoms with Gasteiger partial charge < -0.3 is 15.2 Å². The molecule has 1 N–H and O–H groups in total. The van der Waals surface area contributed by atoms with Gasteiger partial charge in [-0.1, -0.05) is 29.8 Å². The fourth-order valence-corrected chi connectivity index (χ4v) is 2.11. The van der Waals surface area contributed by atoms with Crippen LogP contribution in [0.5, 0.6) is 0 Å². The summed E-state index contributed by atoms with van der Waals surface area (Å²) in [6.07, 6.45) is -0.400. The van der Waals surface area contributed by atoms with Crippen LogP contribution >= 0.6 is 11.6 Å². The van der Waals surface area contributed by atoms with E-state index in [1.165, 1.54) is 18.2 Å². The fourth-order valence-electron chi connectivity index (χ4n) is 1.99. The van der Waals surface area contributed by atoms with Crippen molar-refractivity contribution in [2.75, 3.05) is 0 Å². The van der Waals surface area contributed by atoms with E-state index in [-0.39, 0.29) is 5.56 Å². The second kappa shape index (κ2) is 7.04. The van der Waals surface area contributed by atoms with E-state index >= 15 is 0 Å². The van der Waals surface area contributed by atoms with Crippen molar-refractivity contribution in [3.05, 3.63) is 70.5 Å². The predicted octanol–water partition coefficient (Wildman–Crippen LogP) is 2.09. The summed E-state index contributed by atoms with van der Waals surface area (Å²) < 4.78 is 13.1. The summed E-state index contributed by atoms with van der Waals surface area (Å²) in [7, 11) is 0. The molecule has 0 radical (unpaired) electrons. The van der Waals surface area contributed by atoms with Gasteiger partial charge in [-0.25, -0.2) is 4.39 Å². The number of benzene rings is 2. The molecule has 2 rings (SSSR count). The van der Waals surface area contributed by atoms with Gasteiger partial charge in [-0.15, -0.1) is 0 Å². The number of nitrogens with one attached hydrogen (secondary N) is 1. The molecule has 0 aromatic heterocycles. The predicted molar refractivity (Wildman–Crippen MR) is 77.7 cm³/mol. The number of hydrogen-bond donors (Lipinski definition) is 1. The number of carboxylic acids is 1. The summed E-state index contributed by atoms with van der Waals surface area (Å²) in [6, 6.07) is 10.8. The summed E-state index contributed by atoms with van der Waals surface area (Å²) in [5, 5.41) is 13.9. The number of aliphatic carboxylic acids is 1. The summed E-state index contributed by atoms with van der Waals surface area (Å²) >= 11 is 5.78. The van der Waals surface area contributed by atoms with Crippen molar-refractivity contribution in [1.82, 2.24) is 5.32 Å². The second-order valence-electron chi connectivity index (χ2n) is 4.66. The summed E-state index contributed by atoms with van der Waals surface area (Å²) in [6.45, 7) is 0. The lowest BCUT2D eigenvalue weighted by Crippen LogP contribution is -2.34. The van der Waals surface area contributed by atoms with Crippen LogP contribution in [0.3, 0.4) is 0 Å². The van der Waals surface area contributed by atoms with E-state index in [0.717, 1.165) is 6.07 Å². The van der Waals surface area contributed by atoms with Gasteiger partial charge in [-0.2, -0.15) is 0 Å².